The molecule has 9 heteroatoms. The molecule has 0 saturated carbocycles. The van der Waals surface area contributed by atoms with Crippen LogP contribution in [0.25, 0.3) is 10.8 Å². The number of thioether (sulfide) groups is 1. The Morgan fingerprint density at radius 1 is 1.36 bits per heavy atom. The maximum atomic E-state index is 11.2. The maximum absolute atomic E-state index is 11.2. The van der Waals surface area contributed by atoms with Gasteiger partial charge in [-0.05, 0) is 35.9 Å². The van der Waals surface area contributed by atoms with Gasteiger partial charge in [-0.3, -0.25) is 9.87 Å². The molecule has 0 aliphatic carbocycles. The highest BCUT2D eigenvalue weighted by atomic mass is 32.2. The monoisotopic (exact) mass is 337 g/mol. The van der Waals surface area contributed by atoms with Crippen molar-refractivity contribution in [1.29, 1.82) is 5.26 Å². The van der Waals surface area contributed by atoms with Gasteiger partial charge in [0.2, 0.25) is 0 Å². The van der Waals surface area contributed by atoms with Crippen LogP contribution in [0.2, 0.25) is 0 Å². The normalized spacial score (nSPS) is 12.1. The summed E-state index contributed by atoms with van der Waals surface area (Å²) in [4.78, 5) is 3.79. The quantitative estimate of drug-likeness (QED) is 0.252. The second-order valence-electron chi connectivity index (χ2n) is 4.18. The summed E-state index contributed by atoms with van der Waals surface area (Å²) < 4.78 is 31.5. The number of hydrogen-bond acceptors (Lipinski definition) is 6. The Hall–Kier alpha value is -2.28. The number of benzene rings is 2. The number of nitrogens with zero attached hydrogens (tertiary/aromatic N) is 2. The summed E-state index contributed by atoms with van der Waals surface area (Å²) in [7, 11) is -4.42. The molecule has 2 aromatic carbocycles. The number of nitriles is 1. The number of phenols is 1. The van der Waals surface area contributed by atoms with E-state index in [2.05, 4.69) is 10.3 Å². The van der Waals surface area contributed by atoms with Crippen LogP contribution in [0.5, 0.6) is 5.75 Å². The van der Waals surface area contributed by atoms with E-state index in [1.54, 1.807) is 30.6 Å². The van der Waals surface area contributed by atoms with E-state index in [1.165, 1.54) is 17.8 Å². The number of hydrogen-bond donors (Lipinski definition) is 3. The largest absolute Gasteiger partial charge is 0.507 e. The highest BCUT2D eigenvalue weighted by Crippen LogP contribution is 2.31. The lowest BCUT2D eigenvalue weighted by Gasteiger charge is -2.06. The molecule has 0 aromatic heterocycles. The summed E-state index contributed by atoms with van der Waals surface area (Å²) in [6.07, 6.45) is 3.50. The Morgan fingerprint density at radius 3 is 2.68 bits per heavy atom. The first-order valence-electron chi connectivity index (χ1n) is 5.87. The van der Waals surface area contributed by atoms with Crippen molar-refractivity contribution in [3.63, 3.8) is 0 Å². The lowest BCUT2D eigenvalue weighted by atomic mass is 10.1. The molecular formula is C13H11N3O4S2. The Balaban J connectivity index is 2.61. The van der Waals surface area contributed by atoms with Crippen LogP contribution < -0.4 is 5.32 Å². The molecule has 0 unspecified atom stereocenters. The van der Waals surface area contributed by atoms with Crippen LogP contribution in [-0.4, -0.2) is 29.5 Å². The zero-order valence-corrected chi connectivity index (χ0v) is 12.9. The molecule has 0 aliphatic rings. The molecule has 0 radical (unpaired) electrons. The van der Waals surface area contributed by atoms with Crippen molar-refractivity contribution in [2.24, 2.45) is 4.99 Å². The maximum Gasteiger partial charge on any atom is 0.294 e. The molecule has 7 nitrogen and oxygen atoms in total. The zero-order chi connectivity index (χ0) is 16.3. The number of amidine groups is 1. The van der Waals surface area contributed by atoms with E-state index in [0.717, 1.165) is 6.07 Å². The van der Waals surface area contributed by atoms with Gasteiger partial charge in [-0.15, -0.1) is 0 Å². The summed E-state index contributed by atoms with van der Waals surface area (Å²) >= 11 is 1.24. The standard InChI is InChI=1S/C13H11N3O4S2/c1-21-13(15-7-14)16-9-2-3-11-8(4-9)5-10(6-12(11)17)22(18,19)20/h2-6,17H,1H3,(H,15,16)(H,18,19,20). The van der Waals surface area contributed by atoms with Crippen LogP contribution in [0.15, 0.2) is 40.2 Å². The van der Waals surface area contributed by atoms with Crippen molar-refractivity contribution in [3.05, 3.63) is 30.3 Å². The highest BCUT2D eigenvalue weighted by molar-refractivity contribution is 8.13. The van der Waals surface area contributed by atoms with Crippen molar-refractivity contribution >= 4 is 43.5 Å². The highest BCUT2D eigenvalue weighted by Gasteiger charge is 2.13. The third-order valence-corrected chi connectivity index (χ3v) is 4.18. The smallest absolute Gasteiger partial charge is 0.294 e. The lowest BCUT2D eigenvalue weighted by Crippen LogP contribution is -2.12. The topological polar surface area (TPSA) is 123 Å². The molecule has 0 bridgehead atoms. The number of aromatic hydroxyl groups is 1. The number of rotatable bonds is 2. The van der Waals surface area contributed by atoms with Crippen LogP contribution in [0.1, 0.15) is 0 Å². The van der Waals surface area contributed by atoms with Gasteiger partial charge in [0.1, 0.15) is 5.75 Å². The van der Waals surface area contributed by atoms with Crippen LogP contribution in [0.3, 0.4) is 0 Å². The van der Waals surface area contributed by atoms with Gasteiger partial charge in [-0.25, -0.2) is 4.99 Å². The molecule has 22 heavy (non-hydrogen) atoms. The summed E-state index contributed by atoms with van der Waals surface area (Å²) in [5.74, 6) is -0.263. The predicted molar refractivity (Wildman–Crippen MR) is 84.8 cm³/mol. The van der Waals surface area contributed by atoms with E-state index in [4.69, 9.17) is 9.81 Å². The molecule has 0 fully saturated rings. The predicted octanol–water partition coefficient (Wildman–Crippen LogP) is 2.21. The molecule has 114 valence electrons. The Morgan fingerprint density at radius 2 is 2.09 bits per heavy atom. The van der Waals surface area contributed by atoms with Gasteiger partial charge in [0, 0.05) is 11.5 Å². The second kappa shape index (κ2) is 6.23. The average molecular weight is 337 g/mol. The van der Waals surface area contributed by atoms with Gasteiger partial charge < -0.3 is 5.11 Å². The van der Waals surface area contributed by atoms with Crippen molar-refractivity contribution in [2.45, 2.75) is 4.90 Å². The molecule has 0 saturated heterocycles. The summed E-state index contributed by atoms with van der Waals surface area (Å²) in [5, 5.41) is 22.0. The van der Waals surface area contributed by atoms with Gasteiger partial charge in [-0.2, -0.15) is 13.7 Å². The fourth-order valence-electron chi connectivity index (χ4n) is 1.82. The summed E-state index contributed by atoms with van der Waals surface area (Å²) in [6.45, 7) is 0. The number of phenolic OH excluding ortho intramolecular Hbond substituents is 1. The van der Waals surface area contributed by atoms with Crippen molar-refractivity contribution in [2.75, 3.05) is 6.26 Å². The summed E-state index contributed by atoms with van der Waals surface area (Å²) in [5.41, 5.74) is 0.464. The zero-order valence-electron chi connectivity index (χ0n) is 11.3. The van der Waals surface area contributed by atoms with Gasteiger partial charge >= 0.3 is 0 Å². The van der Waals surface area contributed by atoms with Crippen molar-refractivity contribution in [3.8, 4) is 11.9 Å². The molecule has 2 rings (SSSR count). The fraction of sp³-hybridized carbons (Fsp3) is 0.0769. The van der Waals surface area contributed by atoms with E-state index in [-0.39, 0.29) is 5.75 Å². The van der Waals surface area contributed by atoms with Crippen LogP contribution in [0, 0.1) is 11.5 Å². The van der Waals surface area contributed by atoms with Crippen LogP contribution in [0.4, 0.5) is 5.69 Å². The molecule has 2 aromatic rings. The molecule has 0 heterocycles. The fourth-order valence-corrected chi connectivity index (χ4v) is 2.70. The molecule has 0 spiro atoms. The van der Waals surface area contributed by atoms with Gasteiger partial charge in [0.05, 0.1) is 10.6 Å². The summed E-state index contributed by atoms with van der Waals surface area (Å²) in [6, 6.07) is 6.94. The van der Waals surface area contributed by atoms with Gasteiger partial charge in [0.25, 0.3) is 10.1 Å². The van der Waals surface area contributed by atoms with Crippen LogP contribution in [-0.2, 0) is 10.1 Å². The third-order valence-electron chi connectivity index (χ3n) is 2.77. The second-order valence-corrected chi connectivity index (χ2v) is 6.40. The van der Waals surface area contributed by atoms with E-state index in [9.17, 15) is 13.5 Å². The molecule has 0 amide bonds. The molecule has 0 atom stereocenters. The number of aliphatic imine (C=N–C) groups is 1. The minimum Gasteiger partial charge on any atom is -0.507 e. The van der Waals surface area contributed by atoms with Crippen molar-refractivity contribution < 1.29 is 18.1 Å². The number of fused-ring (bicyclic) bond motifs is 1. The minimum absolute atomic E-state index is 0.263. The lowest BCUT2D eigenvalue weighted by molar-refractivity contribution is 0.471. The minimum atomic E-state index is -4.42. The Bertz CT molecular complexity index is 901. The van der Waals surface area contributed by atoms with E-state index >= 15 is 0 Å². The molecule has 0 aliphatic heterocycles. The first kappa shape index (κ1) is 16.1. The van der Waals surface area contributed by atoms with Gasteiger partial charge in [-0.1, -0.05) is 11.8 Å². The first-order valence-corrected chi connectivity index (χ1v) is 8.53. The van der Waals surface area contributed by atoms with Crippen molar-refractivity contribution in [1.82, 2.24) is 5.32 Å². The number of nitrogens with one attached hydrogen (secondary N) is 1. The third kappa shape index (κ3) is 3.48. The molecule has 3 N–H and O–H groups in total. The van der Waals surface area contributed by atoms with E-state index in [0.29, 0.717) is 21.6 Å². The average Bonchev–Trinajstić information content (AvgIpc) is 2.45. The van der Waals surface area contributed by atoms with Gasteiger partial charge in [0.15, 0.2) is 11.4 Å². The van der Waals surface area contributed by atoms with E-state index < -0.39 is 15.0 Å². The first-order chi connectivity index (χ1) is 10.3. The molecular weight excluding hydrogens is 326 g/mol. The van der Waals surface area contributed by atoms with Crippen LogP contribution >= 0.6 is 11.8 Å². The van der Waals surface area contributed by atoms with E-state index in [1.807, 2.05) is 0 Å². The Kier molecular flexibility index (Phi) is 4.56. The Labute approximate surface area is 131 Å². The SMILES string of the molecule is CSC(=Nc1ccc2c(O)cc(S(=O)(=O)O)cc2c1)NC#N.